The Balaban J connectivity index is 1.40. The average molecular weight is 368 g/mol. The lowest BCUT2D eigenvalue weighted by atomic mass is 10.1. The molecule has 2 aromatic carbocycles. The predicted octanol–water partition coefficient (Wildman–Crippen LogP) is 4.27. The van der Waals surface area contributed by atoms with Crippen LogP contribution in [0.2, 0.25) is 0 Å². The van der Waals surface area contributed by atoms with E-state index in [-0.39, 0.29) is 12.3 Å². The van der Waals surface area contributed by atoms with Crippen molar-refractivity contribution < 1.29 is 14.7 Å². The summed E-state index contributed by atoms with van der Waals surface area (Å²) in [5.74, 6) is -0.893. The molecule has 0 fully saturated rings. The van der Waals surface area contributed by atoms with Crippen LogP contribution in [0.15, 0.2) is 48.5 Å². The number of hydrogen-bond acceptors (Lipinski definition) is 4. The molecule has 5 nitrogen and oxygen atoms in total. The lowest BCUT2D eigenvalue weighted by molar-refractivity contribution is -0.136. The molecule has 0 aliphatic rings. The van der Waals surface area contributed by atoms with Gasteiger partial charge in [-0.05, 0) is 49.1 Å². The lowest BCUT2D eigenvalue weighted by Crippen LogP contribution is -2.11. The number of fused-ring (bicyclic) bond motifs is 1. The summed E-state index contributed by atoms with van der Waals surface area (Å²) < 4.78 is 1.20. The first-order valence-corrected chi connectivity index (χ1v) is 9.37. The number of nitrogens with zero attached hydrogens (tertiary/aromatic N) is 1. The number of unbranched alkanes of at least 4 members (excludes halogenated alkanes) is 1. The van der Waals surface area contributed by atoms with Crippen LogP contribution in [0, 0.1) is 0 Å². The molecule has 0 spiro atoms. The molecule has 0 saturated carbocycles. The highest BCUT2D eigenvalue weighted by Gasteiger charge is 2.06. The Bertz CT molecular complexity index is 870. The van der Waals surface area contributed by atoms with E-state index in [2.05, 4.69) is 16.4 Å². The third-order valence-corrected chi connectivity index (χ3v) is 5.07. The van der Waals surface area contributed by atoms with E-state index in [4.69, 9.17) is 5.11 Å². The molecule has 26 heavy (non-hydrogen) atoms. The monoisotopic (exact) mass is 368 g/mol. The number of aliphatic carboxylic acids is 1. The number of benzene rings is 2. The molecule has 0 bridgehead atoms. The first-order chi connectivity index (χ1) is 12.6. The topological polar surface area (TPSA) is 79.3 Å². The van der Waals surface area contributed by atoms with Crippen molar-refractivity contribution in [3.63, 3.8) is 0 Å². The van der Waals surface area contributed by atoms with Gasteiger partial charge in [0.05, 0.1) is 21.6 Å². The second-order valence-electron chi connectivity index (χ2n) is 6.10. The summed E-state index contributed by atoms with van der Waals surface area (Å²) in [7, 11) is 0. The maximum Gasteiger partial charge on any atom is 0.307 e. The summed E-state index contributed by atoms with van der Waals surface area (Å²) in [6.07, 6.45) is 3.06. The smallest absolute Gasteiger partial charge is 0.307 e. The Morgan fingerprint density at radius 1 is 1.04 bits per heavy atom. The van der Waals surface area contributed by atoms with Crippen molar-refractivity contribution in [2.45, 2.75) is 32.1 Å². The number of aromatic nitrogens is 1. The minimum atomic E-state index is -0.866. The van der Waals surface area contributed by atoms with Crippen molar-refractivity contribution in [2.75, 3.05) is 5.32 Å². The molecule has 0 unspecified atom stereocenters. The molecule has 3 aromatic rings. The minimum Gasteiger partial charge on any atom is -0.481 e. The van der Waals surface area contributed by atoms with Gasteiger partial charge in [-0.1, -0.05) is 24.3 Å². The third kappa shape index (κ3) is 5.13. The zero-order chi connectivity index (χ0) is 18.4. The summed E-state index contributed by atoms with van der Waals surface area (Å²) in [6, 6.07) is 15.0. The Morgan fingerprint density at radius 3 is 2.54 bits per heavy atom. The van der Waals surface area contributed by atoms with Crippen molar-refractivity contribution in [3.05, 3.63) is 59.1 Å². The number of para-hydroxylation sites is 1. The number of hydrogen-bond donors (Lipinski definition) is 2. The van der Waals surface area contributed by atoms with Gasteiger partial charge in [-0.3, -0.25) is 9.59 Å². The number of carbonyl (C=O) groups excluding carboxylic acids is 1. The Morgan fingerprint density at radius 2 is 1.81 bits per heavy atom. The molecule has 2 N–H and O–H groups in total. The van der Waals surface area contributed by atoms with Gasteiger partial charge in [-0.25, -0.2) is 4.98 Å². The van der Waals surface area contributed by atoms with Crippen molar-refractivity contribution in [2.24, 2.45) is 0 Å². The molecule has 0 atom stereocenters. The van der Waals surface area contributed by atoms with Gasteiger partial charge in [0.25, 0.3) is 0 Å². The Hall–Kier alpha value is -2.73. The van der Waals surface area contributed by atoms with E-state index in [1.807, 2.05) is 18.2 Å². The first kappa shape index (κ1) is 18.1. The maximum absolute atomic E-state index is 12.0. The van der Waals surface area contributed by atoms with Crippen LogP contribution in [0.3, 0.4) is 0 Å². The van der Waals surface area contributed by atoms with Gasteiger partial charge >= 0.3 is 5.97 Å². The van der Waals surface area contributed by atoms with E-state index in [9.17, 15) is 9.59 Å². The van der Waals surface area contributed by atoms with Gasteiger partial charge in [0.2, 0.25) is 5.91 Å². The van der Waals surface area contributed by atoms with Crippen molar-refractivity contribution in [1.82, 2.24) is 4.98 Å². The highest BCUT2D eigenvalue weighted by atomic mass is 32.1. The lowest BCUT2D eigenvalue weighted by Gasteiger charge is -2.06. The number of aryl methyl sites for hydroxylation is 1. The summed E-state index contributed by atoms with van der Waals surface area (Å²) in [6.45, 7) is 0. The second-order valence-corrected chi connectivity index (χ2v) is 7.21. The van der Waals surface area contributed by atoms with E-state index in [0.717, 1.165) is 29.8 Å². The molecule has 0 aliphatic carbocycles. The number of carboxylic acid groups (broad SMARTS) is 1. The van der Waals surface area contributed by atoms with Crippen molar-refractivity contribution >= 4 is 39.1 Å². The molecule has 1 aromatic heterocycles. The molecular formula is C20H20N2O3S. The van der Waals surface area contributed by atoms with E-state index in [0.29, 0.717) is 17.7 Å². The highest BCUT2D eigenvalue weighted by Crippen LogP contribution is 2.23. The van der Waals surface area contributed by atoms with Crippen LogP contribution in [0.25, 0.3) is 10.2 Å². The Labute approximate surface area is 155 Å². The van der Waals surface area contributed by atoms with Gasteiger partial charge < -0.3 is 10.4 Å². The third-order valence-electron chi connectivity index (χ3n) is 3.98. The fourth-order valence-corrected chi connectivity index (χ4v) is 3.70. The van der Waals surface area contributed by atoms with Crippen LogP contribution in [0.1, 0.15) is 29.8 Å². The zero-order valence-electron chi connectivity index (χ0n) is 14.3. The highest BCUT2D eigenvalue weighted by molar-refractivity contribution is 7.18. The molecule has 1 heterocycles. The molecule has 1 amide bonds. The number of anilines is 1. The van der Waals surface area contributed by atoms with Crippen LogP contribution >= 0.6 is 11.3 Å². The van der Waals surface area contributed by atoms with Gasteiger partial charge in [0.15, 0.2) is 0 Å². The summed E-state index contributed by atoms with van der Waals surface area (Å²) >= 11 is 1.71. The van der Waals surface area contributed by atoms with E-state index in [1.165, 1.54) is 4.70 Å². The van der Waals surface area contributed by atoms with Gasteiger partial charge in [-0.2, -0.15) is 0 Å². The molecular weight excluding hydrogens is 348 g/mol. The molecule has 3 rings (SSSR count). The number of nitrogens with one attached hydrogen (secondary N) is 1. The van der Waals surface area contributed by atoms with Crippen LogP contribution < -0.4 is 5.32 Å². The predicted molar refractivity (Wildman–Crippen MR) is 104 cm³/mol. The second kappa shape index (κ2) is 8.58. The SMILES string of the molecule is O=C(O)Cc1ccc(NC(=O)CCCCc2nc3ccccc3s2)cc1. The quantitative estimate of drug-likeness (QED) is 0.582. The largest absolute Gasteiger partial charge is 0.481 e. The maximum atomic E-state index is 12.0. The van der Waals surface area contributed by atoms with E-state index < -0.39 is 5.97 Å². The molecule has 134 valence electrons. The fourth-order valence-electron chi connectivity index (χ4n) is 2.69. The number of carboxylic acids is 1. The first-order valence-electron chi connectivity index (χ1n) is 8.55. The fraction of sp³-hybridized carbons (Fsp3) is 0.250. The number of amides is 1. The van der Waals surface area contributed by atoms with Crippen molar-refractivity contribution in [3.8, 4) is 0 Å². The van der Waals surface area contributed by atoms with Crippen LogP contribution in [-0.4, -0.2) is 22.0 Å². The Kier molecular flexibility index (Phi) is 5.96. The molecule has 0 saturated heterocycles. The summed E-state index contributed by atoms with van der Waals surface area (Å²) in [5, 5.41) is 12.7. The van der Waals surface area contributed by atoms with Crippen LogP contribution in [0.4, 0.5) is 5.69 Å². The number of carbonyl (C=O) groups is 2. The molecule has 6 heteroatoms. The minimum absolute atomic E-state index is 0.0139. The van der Waals surface area contributed by atoms with E-state index >= 15 is 0 Å². The normalized spacial score (nSPS) is 10.8. The molecule has 0 radical (unpaired) electrons. The van der Waals surface area contributed by atoms with Crippen LogP contribution in [-0.2, 0) is 22.4 Å². The summed E-state index contributed by atoms with van der Waals surface area (Å²) in [5.41, 5.74) is 2.44. The van der Waals surface area contributed by atoms with Gasteiger partial charge in [-0.15, -0.1) is 11.3 Å². The number of thiazole rings is 1. The molecule has 0 aliphatic heterocycles. The van der Waals surface area contributed by atoms with Crippen LogP contribution in [0.5, 0.6) is 0 Å². The zero-order valence-corrected chi connectivity index (χ0v) is 15.1. The van der Waals surface area contributed by atoms with Crippen molar-refractivity contribution in [1.29, 1.82) is 0 Å². The number of rotatable bonds is 8. The van der Waals surface area contributed by atoms with E-state index in [1.54, 1.807) is 35.6 Å². The standard InChI is InChI=1S/C20H20N2O3S/c23-18(21-15-11-9-14(10-12-15)13-20(24)25)7-3-4-8-19-22-16-5-1-2-6-17(16)26-19/h1-2,5-6,9-12H,3-4,7-8,13H2,(H,21,23)(H,24,25). The van der Waals surface area contributed by atoms with Gasteiger partial charge in [0.1, 0.15) is 0 Å². The summed E-state index contributed by atoms with van der Waals surface area (Å²) in [4.78, 5) is 27.3. The van der Waals surface area contributed by atoms with Gasteiger partial charge in [0, 0.05) is 12.1 Å². The average Bonchev–Trinajstić information content (AvgIpc) is 3.03.